The summed E-state index contributed by atoms with van der Waals surface area (Å²) in [6.45, 7) is 4.97. The highest BCUT2D eigenvalue weighted by atomic mass is 32.2. The van der Waals surface area contributed by atoms with Crippen molar-refractivity contribution in [3.63, 3.8) is 0 Å². The number of benzene rings is 1. The van der Waals surface area contributed by atoms with Crippen LogP contribution in [0.5, 0.6) is 11.5 Å². The van der Waals surface area contributed by atoms with Gasteiger partial charge in [-0.3, -0.25) is 4.68 Å². The molecule has 1 heterocycles. The average Bonchev–Trinajstić information content (AvgIpc) is 2.95. The lowest BCUT2D eigenvalue weighted by Gasteiger charge is -2.12. The number of hydrogen-bond donors (Lipinski definition) is 1. The molecule has 0 saturated carbocycles. The van der Waals surface area contributed by atoms with E-state index in [4.69, 9.17) is 9.47 Å². The van der Waals surface area contributed by atoms with E-state index in [2.05, 4.69) is 9.82 Å². The van der Waals surface area contributed by atoms with E-state index in [-0.39, 0.29) is 11.4 Å². The van der Waals surface area contributed by atoms with E-state index in [1.54, 1.807) is 25.2 Å². The van der Waals surface area contributed by atoms with Crippen molar-refractivity contribution in [2.75, 3.05) is 13.2 Å². The summed E-state index contributed by atoms with van der Waals surface area (Å²) in [5.41, 5.74) is 0.782. The van der Waals surface area contributed by atoms with Gasteiger partial charge in [-0.1, -0.05) is 6.07 Å². The van der Waals surface area contributed by atoms with E-state index in [1.165, 1.54) is 17.1 Å². The molecule has 23 heavy (non-hydrogen) atoms. The molecule has 0 bridgehead atoms. The molecule has 1 N–H and O–H groups in total. The smallest absolute Gasteiger partial charge is 0.243 e. The Balaban J connectivity index is 2.12. The molecule has 0 fully saturated rings. The third-order valence-corrected chi connectivity index (χ3v) is 4.42. The fourth-order valence-electron chi connectivity index (χ4n) is 2.00. The van der Waals surface area contributed by atoms with Crippen molar-refractivity contribution in [3.8, 4) is 11.5 Å². The normalized spacial score (nSPS) is 11.4. The Bertz CT molecular complexity index is 756. The summed E-state index contributed by atoms with van der Waals surface area (Å²) in [5, 5.41) is 3.87. The van der Waals surface area contributed by atoms with Crippen molar-refractivity contribution in [3.05, 3.63) is 36.2 Å². The molecule has 1 aromatic carbocycles. The van der Waals surface area contributed by atoms with Crippen LogP contribution in [0.3, 0.4) is 0 Å². The zero-order valence-electron chi connectivity index (χ0n) is 13.4. The molecule has 0 radical (unpaired) electrons. The largest absolute Gasteiger partial charge is 0.490 e. The van der Waals surface area contributed by atoms with Gasteiger partial charge >= 0.3 is 0 Å². The maximum atomic E-state index is 12.2. The van der Waals surface area contributed by atoms with Gasteiger partial charge in [-0.05, 0) is 31.5 Å². The van der Waals surface area contributed by atoms with Crippen LogP contribution in [0, 0.1) is 0 Å². The second kappa shape index (κ2) is 7.47. The van der Waals surface area contributed by atoms with Crippen LogP contribution >= 0.6 is 0 Å². The highest BCUT2D eigenvalue weighted by Gasteiger charge is 2.16. The summed E-state index contributed by atoms with van der Waals surface area (Å²) in [6, 6.07) is 5.36. The molecule has 2 aromatic rings. The first kappa shape index (κ1) is 17.3. The lowest BCUT2D eigenvalue weighted by Crippen LogP contribution is -2.23. The Hall–Kier alpha value is -2.06. The molecule has 126 valence electrons. The van der Waals surface area contributed by atoms with Gasteiger partial charge < -0.3 is 9.47 Å². The van der Waals surface area contributed by atoms with Crippen molar-refractivity contribution in [1.29, 1.82) is 0 Å². The Morgan fingerprint density at radius 1 is 1.17 bits per heavy atom. The predicted molar refractivity (Wildman–Crippen MR) is 86.0 cm³/mol. The minimum absolute atomic E-state index is 0.135. The Labute approximate surface area is 136 Å². The number of sulfonamides is 1. The van der Waals surface area contributed by atoms with Crippen LogP contribution in [-0.2, 0) is 23.6 Å². The lowest BCUT2D eigenvalue weighted by atomic mass is 10.2. The Morgan fingerprint density at radius 2 is 1.87 bits per heavy atom. The van der Waals surface area contributed by atoms with Crippen LogP contribution in [0.4, 0.5) is 0 Å². The number of nitrogens with one attached hydrogen (secondary N) is 1. The second-order valence-electron chi connectivity index (χ2n) is 4.82. The number of nitrogens with zero attached hydrogens (tertiary/aromatic N) is 2. The maximum Gasteiger partial charge on any atom is 0.243 e. The summed E-state index contributed by atoms with van der Waals surface area (Å²) in [6.07, 6.45) is 2.76. The fraction of sp³-hybridized carbons (Fsp3) is 0.400. The van der Waals surface area contributed by atoms with E-state index in [9.17, 15) is 8.42 Å². The molecule has 0 aliphatic rings. The van der Waals surface area contributed by atoms with Crippen molar-refractivity contribution in [1.82, 2.24) is 14.5 Å². The molecular formula is C15H21N3O4S. The van der Waals surface area contributed by atoms with Gasteiger partial charge in [0.05, 0.1) is 19.4 Å². The van der Waals surface area contributed by atoms with Gasteiger partial charge in [0.15, 0.2) is 11.5 Å². The van der Waals surface area contributed by atoms with E-state index in [1.807, 2.05) is 13.8 Å². The topological polar surface area (TPSA) is 82.5 Å². The number of ether oxygens (including phenoxy) is 2. The molecule has 0 aliphatic carbocycles. The van der Waals surface area contributed by atoms with Crippen LogP contribution in [-0.4, -0.2) is 31.4 Å². The number of hydrogen-bond acceptors (Lipinski definition) is 5. The third kappa shape index (κ3) is 4.46. The van der Waals surface area contributed by atoms with E-state index < -0.39 is 10.0 Å². The zero-order valence-corrected chi connectivity index (χ0v) is 14.3. The molecule has 0 amide bonds. The number of aryl methyl sites for hydroxylation is 1. The minimum Gasteiger partial charge on any atom is -0.490 e. The highest BCUT2D eigenvalue weighted by molar-refractivity contribution is 7.89. The highest BCUT2D eigenvalue weighted by Crippen LogP contribution is 2.28. The first-order chi connectivity index (χ1) is 11.0. The molecule has 7 nitrogen and oxygen atoms in total. The SMILES string of the molecule is CCOc1ccc(CNS(=O)(=O)c2cnn(C)c2)cc1OCC. The zero-order chi connectivity index (χ0) is 16.9. The van der Waals surface area contributed by atoms with Gasteiger partial charge in [-0.2, -0.15) is 5.10 Å². The molecule has 0 atom stereocenters. The van der Waals surface area contributed by atoms with Crippen LogP contribution < -0.4 is 14.2 Å². The average molecular weight is 339 g/mol. The van der Waals surface area contributed by atoms with Crippen LogP contribution in [0.1, 0.15) is 19.4 Å². The standard InChI is InChI=1S/C15H21N3O4S/c1-4-21-14-7-6-12(8-15(14)22-5-2)9-17-23(19,20)13-10-16-18(3)11-13/h6-8,10-11,17H,4-5,9H2,1-3H3. The van der Waals surface area contributed by atoms with Crippen molar-refractivity contribution < 1.29 is 17.9 Å². The molecule has 0 saturated heterocycles. The summed E-state index contributed by atoms with van der Waals surface area (Å²) < 4.78 is 39.4. The Morgan fingerprint density at radius 3 is 2.48 bits per heavy atom. The first-order valence-corrected chi connectivity index (χ1v) is 8.81. The lowest BCUT2D eigenvalue weighted by molar-refractivity contribution is 0.287. The number of aromatic nitrogens is 2. The summed E-state index contributed by atoms with van der Waals surface area (Å²) in [5.74, 6) is 1.25. The van der Waals surface area contributed by atoms with Gasteiger partial charge in [0.1, 0.15) is 4.90 Å². The van der Waals surface area contributed by atoms with Crippen LogP contribution in [0.15, 0.2) is 35.5 Å². The molecule has 0 spiro atoms. The predicted octanol–water partition coefficient (Wildman–Crippen LogP) is 1.70. The monoisotopic (exact) mass is 339 g/mol. The molecule has 0 unspecified atom stereocenters. The maximum absolute atomic E-state index is 12.2. The van der Waals surface area contributed by atoms with Crippen LogP contribution in [0.25, 0.3) is 0 Å². The second-order valence-corrected chi connectivity index (χ2v) is 6.59. The van der Waals surface area contributed by atoms with Gasteiger partial charge in [0.25, 0.3) is 0 Å². The van der Waals surface area contributed by atoms with Crippen molar-refractivity contribution >= 4 is 10.0 Å². The summed E-state index contributed by atoms with van der Waals surface area (Å²) in [4.78, 5) is 0.135. The third-order valence-electron chi connectivity index (χ3n) is 3.07. The van der Waals surface area contributed by atoms with Gasteiger partial charge in [0, 0.05) is 19.8 Å². The van der Waals surface area contributed by atoms with Gasteiger partial charge in [-0.25, -0.2) is 13.1 Å². The Kier molecular flexibility index (Phi) is 5.62. The van der Waals surface area contributed by atoms with E-state index in [0.29, 0.717) is 24.7 Å². The van der Waals surface area contributed by atoms with E-state index >= 15 is 0 Å². The van der Waals surface area contributed by atoms with Gasteiger partial charge in [0.2, 0.25) is 10.0 Å². The minimum atomic E-state index is -3.59. The van der Waals surface area contributed by atoms with Crippen LogP contribution in [0.2, 0.25) is 0 Å². The van der Waals surface area contributed by atoms with E-state index in [0.717, 1.165) is 5.56 Å². The van der Waals surface area contributed by atoms with Gasteiger partial charge in [-0.15, -0.1) is 0 Å². The molecule has 8 heteroatoms. The summed E-state index contributed by atoms with van der Waals surface area (Å²) in [7, 11) is -1.92. The molecular weight excluding hydrogens is 318 g/mol. The molecule has 2 rings (SSSR count). The van der Waals surface area contributed by atoms with Crippen molar-refractivity contribution in [2.45, 2.75) is 25.3 Å². The quantitative estimate of drug-likeness (QED) is 0.791. The molecule has 0 aliphatic heterocycles. The molecule has 1 aromatic heterocycles. The fourth-order valence-corrected chi connectivity index (χ4v) is 3.01. The number of rotatable bonds is 8. The van der Waals surface area contributed by atoms with Crippen molar-refractivity contribution in [2.24, 2.45) is 7.05 Å². The summed E-state index contributed by atoms with van der Waals surface area (Å²) >= 11 is 0. The first-order valence-electron chi connectivity index (χ1n) is 7.33.